The second kappa shape index (κ2) is 7.22. The van der Waals surface area contributed by atoms with E-state index >= 15 is 0 Å². The van der Waals surface area contributed by atoms with Crippen LogP contribution in [0.25, 0.3) is 0 Å². The summed E-state index contributed by atoms with van der Waals surface area (Å²) in [5, 5.41) is 3.11. The highest BCUT2D eigenvalue weighted by atomic mass is 16.5. The number of carbonyl (C=O) groups excluding carboxylic acids is 2. The number of esters is 1. The fourth-order valence-electron chi connectivity index (χ4n) is 2.55. The van der Waals surface area contributed by atoms with Crippen LogP contribution in [0.3, 0.4) is 0 Å². The van der Waals surface area contributed by atoms with Crippen LogP contribution in [0, 0.1) is 0 Å². The molecule has 0 unspecified atom stereocenters. The molecule has 114 valence electrons. The van der Waals surface area contributed by atoms with Gasteiger partial charge in [0.15, 0.2) is 0 Å². The number of nitrogens with one attached hydrogen (secondary N) is 1. The Morgan fingerprint density at radius 2 is 2.14 bits per heavy atom. The third-order valence-electron chi connectivity index (χ3n) is 3.66. The van der Waals surface area contributed by atoms with Crippen LogP contribution in [-0.2, 0) is 20.7 Å². The largest absolute Gasteiger partial charge is 0.464 e. The second-order valence-corrected chi connectivity index (χ2v) is 5.17. The molecule has 1 N–H and O–H groups in total. The second-order valence-electron chi connectivity index (χ2n) is 5.17. The number of amides is 1. The Morgan fingerprint density at radius 1 is 1.43 bits per heavy atom. The van der Waals surface area contributed by atoms with Crippen LogP contribution >= 0.6 is 0 Å². The maximum absolute atomic E-state index is 12.3. The summed E-state index contributed by atoms with van der Waals surface area (Å²) in [6.45, 7) is 5.13. The van der Waals surface area contributed by atoms with E-state index in [2.05, 4.69) is 5.32 Å². The van der Waals surface area contributed by atoms with Crippen LogP contribution in [0.4, 0.5) is 0 Å². The molecular formula is C16H22N2O3. The standard InChI is InChI=1S/C16H22N2O3/c1-3-21-16(20)14(11-13-7-5-4-6-8-13)18-10-9-17-12(2)15(18)19/h4-8,12,14,17H,3,9-11H2,1-2H3/t12-,14+/m0/s1. The van der Waals surface area contributed by atoms with Crippen molar-refractivity contribution < 1.29 is 14.3 Å². The van der Waals surface area contributed by atoms with E-state index in [1.165, 1.54) is 0 Å². The molecule has 1 saturated heterocycles. The van der Waals surface area contributed by atoms with E-state index in [0.29, 0.717) is 26.1 Å². The Kier molecular flexibility index (Phi) is 5.33. The van der Waals surface area contributed by atoms with E-state index in [4.69, 9.17) is 4.74 Å². The van der Waals surface area contributed by atoms with Gasteiger partial charge < -0.3 is 15.0 Å². The lowest BCUT2D eigenvalue weighted by molar-refractivity contribution is -0.156. The molecule has 1 aromatic rings. The third kappa shape index (κ3) is 3.82. The van der Waals surface area contributed by atoms with Crippen LogP contribution in [-0.4, -0.2) is 48.6 Å². The van der Waals surface area contributed by atoms with Gasteiger partial charge in [0.25, 0.3) is 0 Å². The molecule has 1 fully saturated rings. The van der Waals surface area contributed by atoms with Crippen molar-refractivity contribution in [1.82, 2.24) is 10.2 Å². The van der Waals surface area contributed by atoms with Crippen LogP contribution in [0.5, 0.6) is 0 Å². The number of nitrogens with zero attached hydrogens (tertiary/aromatic N) is 1. The van der Waals surface area contributed by atoms with Crippen molar-refractivity contribution in [2.45, 2.75) is 32.4 Å². The van der Waals surface area contributed by atoms with E-state index < -0.39 is 6.04 Å². The Bertz CT molecular complexity index is 490. The first kappa shape index (κ1) is 15.5. The lowest BCUT2D eigenvalue weighted by Gasteiger charge is -2.36. The van der Waals surface area contributed by atoms with Crippen LogP contribution in [0.15, 0.2) is 30.3 Å². The quantitative estimate of drug-likeness (QED) is 0.821. The number of piperazine rings is 1. The fraction of sp³-hybridized carbons (Fsp3) is 0.500. The Labute approximate surface area is 125 Å². The predicted octanol–water partition coefficient (Wildman–Crippen LogP) is 0.981. The minimum atomic E-state index is -0.551. The van der Waals surface area contributed by atoms with Crippen molar-refractivity contribution in [1.29, 1.82) is 0 Å². The Hall–Kier alpha value is -1.88. The molecule has 1 heterocycles. The highest BCUT2D eigenvalue weighted by Crippen LogP contribution is 2.14. The van der Waals surface area contributed by atoms with Gasteiger partial charge in [0.05, 0.1) is 12.6 Å². The van der Waals surface area contributed by atoms with Gasteiger partial charge in [0.2, 0.25) is 5.91 Å². The van der Waals surface area contributed by atoms with Crippen LogP contribution < -0.4 is 5.32 Å². The Morgan fingerprint density at radius 3 is 2.81 bits per heavy atom. The molecule has 5 heteroatoms. The van der Waals surface area contributed by atoms with E-state index in [9.17, 15) is 9.59 Å². The molecule has 0 bridgehead atoms. The number of hydrogen-bond acceptors (Lipinski definition) is 4. The molecular weight excluding hydrogens is 268 g/mol. The van der Waals surface area contributed by atoms with Crippen LogP contribution in [0.1, 0.15) is 19.4 Å². The number of rotatable bonds is 5. The summed E-state index contributed by atoms with van der Waals surface area (Å²) in [5.41, 5.74) is 1.02. The lowest BCUT2D eigenvalue weighted by Crippen LogP contribution is -2.59. The summed E-state index contributed by atoms with van der Waals surface area (Å²) in [6, 6.07) is 8.90. The topological polar surface area (TPSA) is 58.6 Å². The van der Waals surface area contributed by atoms with Crippen molar-refractivity contribution >= 4 is 11.9 Å². The molecule has 0 aromatic heterocycles. The monoisotopic (exact) mass is 290 g/mol. The van der Waals surface area contributed by atoms with Gasteiger partial charge in [-0.3, -0.25) is 4.79 Å². The molecule has 1 aliphatic heterocycles. The minimum Gasteiger partial charge on any atom is -0.464 e. The summed E-state index contributed by atoms with van der Waals surface area (Å²) >= 11 is 0. The maximum Gasteiger partial charge on any atom is 0.329 e. The van der Waals surface area contributed by atoms with Gasteiger partial charge >= 0.3 is 5.97 Å². The van der Waals surface area contributed by atoms with E-state index in [1.807, 2.05) is 37.3 Å². The summed E-state index contributed by atoms with van der Waals surface area (Å²) in [7, 11) is 0. The first-order valence-electron chi connectivity index (χ1n) is 7.38. The van der Waals surface area contributed by atoms with Crippen molar-refractivity contribution in [3.63, 3.8) is 0 Å². The fourth-order valence-corrected chi connectivity index (χ4v) is 2.55. The van der Waals surface area contributed by atoms with Crippen molar-refractivity contribution in [2.75, 3.05) is 19.7 Å². The van der Waals surface area contributed by atoms with Crippen molar-refractivity contribution in [3.8, 4) is 0 Å². The van der Waals surface area contributed by atoms with Gasteiger partial charge in [-0.25, -0.2) is 4.79 Å². The third-order valence-corrected chi connectivity index (χ3v) is 3.66. The highest BCUT2D eigenvalue weighted by molar-refractivity contribution is 5.88. The highest BCUT2D eigenvalue weighted by Gasteiger charge is 2.35. The lowest BCUT2D eigenvalue weighted by atomic mass is 10.0. The zero-order valence-corrected chi connectivity index (χ0v) is 12.5. The van der Waals surface area contributed by atoms with Gasteiger partial charge in [-0.2, -0.15) is 0 Å². The normalized spacial score (nSPS) is 20.2. The molecule has 0 spiro atoms. The maximum atomic E-state index is 12.3. The molecule has 0 saturated carbocycles. The van der Waals surface area contributed by atoms with Gasteiger partial charge in [-0.1, -0.05) is 30.3 Å². The molecule has 1 aliphatic rings. The summed E-state index contributed by atoms with van der Waals surface area (Å²) in [5.74, 6) is -0.376. The first-order valence-corrected chi connectivity index (χ1v) is 7.38. The van der Waals surface area contributed by atoms with Crippen LogP contribution in [0.2, 0.25) is 0 Å². The number of ether oxygens (including phenoxy) is 1. The molecule has 1 aromatic carbocycles. The minimum absolute atomic E-state index is 0.0461. The molecule has 21 heavy (non-hydrogen) atoms. The predicted molar refractivity (Wildman–Crippen MR) is 79.7 cm³/mol. The van der Waals surface area contributed by atoms with Gasteiger partial charge in [0, 0.05) is 19.5 Å². The number of hydrogen-bond donors (Lipinski definition) is 1. The first-order chi connectivity index (χ1) is 10.1. The van der Waals surface area contributed by atoms with Gasteiger partial charge in [-0.15, -0.1) is 0 Å². The summed E-state index contributed by atoms with van der Waals surface area (Å²) < 4.78 is 5.16. The Balaban J connectivity index is 2.19. The molecule has 1 amide bonds. The smallest absolute Gasteiger partial charge is 0.329 e. The molecule has 2 atom stereocenters. The average molecular weight is 290 g/mol. The summed E-state index contributed by atoms with van der Waals surface area (Å²) in [4.78, 5) is 26.2. The van der Waals surface area contributed by atoms with E-state index in [0.717, 1.165) is 5.56 Å². The van der Waals surface area contributed by atoms with Gasteiger partial charge in [-0.05, 0) is 19.4 Å². The zero-order valence-electron chi connectivity index (χ0n) is 12.5. The molecule has 0 aliphatic carbocycles. The van der Waals surface area contributed by atoms with Crippen molar-refractivity contribution in [2.24, 2.45) is 0 Å². The molecule has 0 radical (unpaired) electrons. The van der Waals surface area contributed by atoms with E-state index in [1.54, 1.807) is 11.8 Å². The van der Waals surface area contributed by atoms with Gasteiger partial charge in [0.1, 0.15) is 6.04 Å². The number of benzene rings is 1. The SMILES string of the molecule is CCOC(=O)[C@@H](Cc1ccccc1)N1CCN[C@@H](C)C1=O. The number of carbonyl (C=O) groups is 2. The molecule has 5 nitrogen and oxygen atoms in total. The van der Waals surface area contributed by atoms with E-state index in [-0.39, 0.29) is 17.9 Å². The summed E-state index contributed by atoms with van der Waals surface area (Å²) in [6.07, 6.45) is 0.484. The molecule has 2 rings (SSSR count). The van der Waals surface area contributed by atoms with Crippen molar-refractivity contribution in [3.05, 3.63) is 35.9 Å². The zero-order chi connectivity index (χ0) is 15.2. The average Bonchev–Trinajstić information content (AvgIpc) is 2.49.